The average Bonchev–Trinajstić information content (AvgIpc) is 2.60. The Bertz CT molecular complexity index is 928. The zero-order valence-corrected chi connectivity index (χ0v) is 15.8. The molecule has 0 saturated heterocycles. The fourth-order valence-corrected chi connectivity index (χ4v) is 3.26. The van der Waals surface area contributed by atoms with Crippen molar-refractivity contribution in [1.29, 1.82) is 0 Å². The molecule has 2 atom stereocenters. The topological polar surface area (TPSA) is 78.6 Å². The maximum absolute atomic E-state index is 13.3. The standard InChI is InChI=1S/C20H19ClFNO4/c1-10(24)11-5-7-16-13(8-11)17(23)18(20(2,3)27-16)26-19(25)12-4-6-15(22)14(21)9-12/h4-9,17-18H,23H2,1-3H3/t17-,18-/m0/s1. The summed E-state index contributed by atoms with van der Waals surface area (Å²) < 4.78 is 24.9. The van der Waals surface area contributed by atoms with E-state index in [0.717, 1.165) is 6.07 Å². The summed E-state index contributed by atoms with van der Waals surface area (Å²) in [5.41, 5.74) is 6.62. The number of benzene rings is 2. The van der Waals surface area contributed by atoms with E-state index >= 15 is 0 Å². The molecule has 0 radical (unpaired) electrons. The van der Waals surface area contributed by atoms with E-state index in [4.69, 9.17) is 26.8 Å². The summed E-state index contributed by atoms with van der Waals surface area (Å²) in [6.07, 6.45) is -0.830. The van der Waals surface area contributed by atoms with Gasteiger partial charge in [-0.25, -0.2) is 9.18 Å². The van der Waals surface area contributed by atoms with Gasteiger partial charge in [-0.2, -0.15) is 0 Å². The van der Waals surface area contributed by atoms with Crippen LogP contribution in [0.5, 0.6) is 5.75 Å². The molecular weight excluding hydrogens is 373 g/mol. The van der Waals surface area contributed by atoms with E-state index in [1.807, 2.05) is 0 Å². The van der Waals surface area contributed by atoms with E-state index in [0.29, 0.717) is 16.9 Å². The molecule has 0 bridgehead atoms. The van der Waals surface area contributed by atoms with Crippen molar-refractivity contribution in [2.75, 3.05) is 0 Å². The molecule has 7 heteroatoms. The second-order valence-corrected chi connectivity index (χ2v) is 7.40. The van der Waals surface area contributed by atoms with E-state index in [1.165, 1.54) is 19.1 Å². The highest BCUT2D eigenvalue weighted by Gasteiger charge is 2.45. The van der Waals surface area contributed by atoms with E-state index in [1.54, 1.807) is 32.0 Å². The zero-order chi connectivity index (χ0) is 19.9. The number of nitrogens with two attached hydrogens (primary N) is 1. The lowest BCUT2D eigenvalue weighted by Crippen LogP contribution is -2.53. The van der Waals surface area contributed by atoms with Crippen molar-refractivity contribution < 1.29 is 23.5 Å². The Hall–Kier alpha value is -2.44. The minimum Gasteiger partial charge on any atom is -0.484 e. The Balaban J connectivity index is 1.92. The first kappa shape index (κ1) is 19.3. The summed E-state index contributed by atoms with van der Waals surface area (Å²) in [5, 5.41) is -0.177. The van der Waals surface area contributed by atoms with E-state index in [-0.39, 0.29) is 16.4 Å². The molecule has 1 heterocycles. The maximum Gasteiger partial charge on any atom is 0.338 e. The molecule has 0 fully saturated rings. The number of halogens is 2. The van der Waals surface area contributed by atoms with Crippen LogP contribution >= 0.6 is 11.6 Å². The first-order valence-electron chi connectivity index (χ1n) is 8.35. The maximum atomic E-state index is 13.3. The van der Waals surface area contributed by atoms with Crippen LogP contribution in [-0.2, 0) is 4.74 Å². The lowest BCUT2D eigenvalue weighted by Gasteiger charge is -2.42. The van der Waals surface area contributed by atoms with Crippen LogP contribution < -0.4 is 10.5 Å². The molecule has 2 aromatic rings. The molecule has 2 aromatic carbocycles. The first-order valence-corrected chi connectivity index (χ1v) is 8.73. The van der Waals surface area contributed by atoms with Gasteiger partial charge in [-0.1, -0.05) is 11.6 Å². The van der Waals surface area contributed by atoms with Crippen molar-refractivity contribution in [3.63, 3.8) is 0 Å². The largest absolute Gasteiger partial charge is 0.484 e. The molecule has 0 spiro atoms. The molecule has 5 nitrogen and oxygen atoms in total. The van der Waals surface area contributed by atoms with Crippen molar-refractivity contribution in [3.05, 3.63) is 63.9 Å². The Kier molecular flexibility index (Phi) is 4.97. The van der Waals surface area contributed by atoms with E-state index in [9.17, 15) is 14.0 Å². The molecular formula is C20H19ClFNO4. The van der Waals surface area contributed by atoms with Crippen molar-refractivity contribution in [1.82, 2.24) is 0 Å². The summed E-state index contributed by atoms with van der Waals surface area (Å²) in [4.78, 5) is 24.2. The Labute approximate surface area is 161 Å². The molecule has 3 rings (SSSR count). The third-order valence-corrected chi connectivity index (χ3v) is 4.84. The number of carbonyl (C=O) groups excluding carboxylic acids is 2. The molecule has 0 aliphatic carbocycles. The average molecular weight is 392 g/mol. The number of ether oxygens (including phenoxy) is 2. The molecule has 0 amide bonds. The lowest BCUT2D eigenvalue weighted by molar-refractivity contribution is -0.0726. The van der Waals surface area contributed by atoms with Gasteiger partial charge in [0, 0.05) is 11.1 Å². The molecule has 1 aliphatic rings. The van der Waals surface area contributed by atoms with Gasteiger partial charge in [0.05, 0.1) is 16.6 Å². The third-order valence-electron chi connectivity index (χ3n) is 4.55. The summed E-state index contributed by atoms with van der Waals surface area (Å²) >= 11 is 5.74. The fraction of sp³-hybridized carbons (Fsp3) is 0.300. The van der Waals surface area contributed by atoms with Crippen LogP contribution in [0.15, 0.2) is 36.4 Å². The molecule has 0 unspecified atom stereocenters. The first-order chi connectivity index (χ1) is 12.6. The fourth-order valence-electron chi connectivity index (χ4n) is 3.08. The lowest BCUT2D eigenvalue weighted by atomic mass is 9.86. The number of fused-ring (bicyclic) bond motifs is 1. The van der Waals surface area contributed by atoms with Crippen molar-refractivity contribution >= 4 is 23.4 Å². The number of hydrogen-bond acceptors (Lipinski definition) is 5. The molecule has 0 aromatic heterocycles. The van der Waals surface area contributed by atoms with Crippen LogP contribution in [0, 0.1) is 5.82 Å². The summed E-state index contributed by atoms with van der Waals surface area (Å²) in [6, 6.07) is 7.87. The van der Waals surface area contributed by atoms with Gasteiger partial charge in [-0.3, -0.25) is 4.79 Å². The molecule has 2 N–H and O–H groups in total. The molecule has 0 saturated carbocycles. The molecule has 142 valence electrons. The van der Waals surface area contributed by atoms with Crippen molar-refractivity contribution in [2.24, 2.45) is 5.73 Å². The number of hydrogen-bond donors (Lipinski definition) is 1. The van der Waals surface area contributed by atoms with Crippen LogP contribution in [0.3, 0.4) is 0 Å². The second kappa shape index (κ2) is 6.94. The van der Waals surface area contributed by atoms with Gasteiger partial charge in [-0.15, -0.1) is 0 Å². The van der Waals surface area contributed by atoms with Gasteiger partial charge >= 0.3 is 5.97 Å². The Morgan fingerprint density at radius 1 is 1.19 bits per heavy atom. The van der Waals surface area contributed by atoms with Crippen LogP contribution in [0.1, 0.15) is 53.1 Å². The monoisotopic (exact) mass is 391 g/mol. The van der Waals surface area contributed by atoms with Gasteiger partial charge in [-0.05, 0) is 57.2 Å². The summed E-state index contributed by atoms with van der Waals surface area (Å²) in [6.45, 7) is 4.96. The van der Waals surface area contributed by atoms with Gasteiger partial charge < -0.3 is 15.2 Å². The predicted octanol–water partition coefficient (Wildman–Crippen LogP) is 4.08. The quantitative estimate of drug-likeness (QED) is 0.630. The SMILES string of the molecule is CC(=O)c1ccc2c(c1)[C@H](N)[C@H](OC(=O)c1ccc(F)c(Cl)c1)C(C)(C)O2. The van der Waals surface area contributed by atoms with E-state index < -0.39 is 29.5 Å². The van der Waals surface area contributed by atoms with Gasteiger partial charge in [0.2, 0.25) is 0 Å². The zero-order valence-electron chi connectivity index (χ0n) is 15.1. The van der Waals surface area contributed by atoms with E-state index in [2.05, 4.69) is 0 Å². The number of Topliss-reactive ketones (excluding diaryl/α,β-unsaturated/α-hetero) is 1. The number of ketones is 1. The third kappa shape index (κ3) is 3.68. The Morgan fingerprint density at radius 3 is 2.48 bits per heavy atom. The van der Waals surface area contributed by atoms with Crippen LogP contribution in [-0.4, -0.2) is 23.5 Å². The minimum atomic E-state index is -0.913. The highest BCUT2D eigenvalue weighted by atomic mass is 35.5. The van der Waals surface area contributed by atoms with Crippen LogP contribution in [0.2, 0.25) is 5.02 Å². The highest BCUT2D eigenvalue weighted by Crippen LogP contribution is 2.41. The Morgan fingerprint density at radius 2 is 1.85 bits per heavy atom. The van der Waals surface area contributed by atoms with Crippen molar-refractivity contribution in [2.45, 2.75) is 38.5 Å². The summed E-state index contributed by atoms with van der Waals surface area (Å²) in [7, 11) is 0. The van der Waals surface area contributed by atoms with Crippen molar-refractivity contribution in [3.8, 4) is 5.75 Å². The molecule has 27 heavy (non-hydrogen) atoms. The van der Waals surface area contributed by atoms with Crippen LogP contribution in [0.4, 0.5) is 4.39 Å². The summed E-state index contributed by atoms with van der Waals surface area (Å²) in [5.74, 6) is -0.893. The van der Waals surface area contributed by atoms with Gasteiger partial charge in [0.15, 0.2) is 11.9 Å². The van der Waals surface area contributed by atoms with Crippen LogP contribution in [0.25, 0.3) is 0 Å². The number of esters is 1. The smallest absolute Gasteiger partial charge is 0.338 e. The number of carbonyl (C=O) groups is 2. The second-order valence-electron chi connectivity index (χ2n) is 6.99. The molecule has 1 aliphatic heterocycles. The normalized spacial score (nSPS) is 20.4. The minimum absolute atomic E-state index is 0.104. The highest BCUT2D eigenvalue weighted by molar-refractivity contribution is 6.31. The van der Waals surface area contributed by atoms with Gasteiger partial charge in [0.1, 0.15) is 17.2 Å². The predicted molar refractivity (Wildman–Crippen MR) is 98.7 cm³/mol. The van der Waals surface area contributed by atoms with Gasteiger partial charge in [0.25, 0.3) is 0 Å². The number of rotatable bonds is 3.